The first-order valence-electron chi connectivity index (χ1n) is 10.7. The standard InChI is InChI=1S/C22H31N5O2/c1-29-17-19-7-13-26(16-19)21-4-3-20(15-23-21)22(28)25-11-5-18(6-12-25)8-14-27-10-2-9-24-27/h2-4,9-10,15,18-19H,5-8,11-14,16-17H2,1H3/t19-/m0/s1. The lowest BCUT2D eigenvalue weighted by Crippen LogP contribution is -2.38. The number of amides is 1. The Morgan fingerprint density at radius 1 is 1.17 bits per heavy atom. The van der Waals surface area contributed by atoms with Gasteiger partial charge in [0.15, 0.2) is 0 Å². The highest BCUT2D eigenvalue weighted by Crippen LogP contribution is 2.24. The van der Waals surface area contributed by atoms with Crippen LogP contribution in [0.1, 0.15) is 36.0 Å². The Morgan fingerprint density at radius 3 is 2.69 bits per heavy atom. The zero-order valence-corrected chi connectivity index (χ0v) is 17.2. The molecule has 0 aliphatic carbocycles. The van der Waals surface area contributed by atoms with Gasteiger partial charge in [-0.05, 0) is 49.8 Å². The van der Waals surface area contributed by atoms with E-state index in [4.69, 9.17) is 4.74 Å². The Kier molecular flexibility index (Phi) is 6.44. The third-order valence-corrected chi connectivity index (χ3v) is 6.23. The Labute approximate surface area is 172 Å². The number of hydrogen-bond acceptors (Lipinski definition) is 5. The van der Waals surface area contributed by atoms with E-state index in [0.29, 0.717) is 17.4 Å². The van der Waals surface area contributed by atoms with Crippen LogP contribution in [0.4, 0.5) is 5.82 Å². The summed E-state index contributed by atoms with van der Waals surface area (Å²) in [4.78, 5) is 21.7. The zero-order chi connectivity index (χ0) is 20.1. The smallest absolute Gasteiger partial charge is 0.255 e. The van der Waals surface area contributed by atoms with Crippen LogP contribution < -0.4 is 4.90 Å². The van der Waals surface area contributed by atoms with E-state index in [1.54, 1.807) is 13.3 Å². The van der Waals surface area contributed by atoms with Crippen LogP contribution in [0.3, 0.4) is 0 Å². The molecule has 0 unspecified atom stereocenters. The molecule has 7 heteroatoms. The number of anilines is 1. The van der Waals surface area contributed by atoms with E-state index in [1.807, 2.05) is 40.2 Å². The van der Waals surface area contributed by atoms with Crippen LogP contribution in [-0.2, 0) is 11.3 Å². The highest BCUT2D eigenvalue weighted by Gasteiger charge is 2.25. The minimum Gasteiger partial charge on any atom is -0.384 e. The second-order valence-electron chi connectivity index (χ2n) is 8.25. The number of nitrogens with zero attached hydrogens (tertiary/aromatic N) is 5. The SMILES string of the molecule is COC[C@H]1CCN(c2ccc(C(=O)N3CCC(CCn4cccn4)CC3)cn2)C1. The fourth-order valence-electron chi connectivity index (χ4n) is 4.47. The van der Waals surface area contributed by atoms with Gasteiger partial charge in [0.05, 0.1) is 12.2 Å². The molecule has 0 spiro atoms. The summed E-state index contributed by atoms with van der Waals surface area (Å²) in [5.74, 6) is 2.29. The van der Waals surface area contributed by atoms with Crippen molar-refractivity contribution in [3.63, 3.8) is 0 Å². The van der Waals surface area contributed by atoms with Crippen LogP contribution in [0.25, 0.3) is 0 Å². The molecule has 0 aromatic carbocycles. The molecular weight excluding hydrogens is 366 g/mol. The lowest BCUT2D eigenvalue weighted by Gasteiger charge is -2.32. The number of carbonyl (C=O) groups excluding carboxylic acids is 1. The number of hydrogen-bond donors (Lipinski definition) is 0. The molecule has 4 heterocycles. The molecule has 1 amide bonds. The second kappa shape index (κ2) is 9.39. The number of ether oxygens (including phenoxy) is 1. The third-order valence-electron chi connectivity index (χ3n) is 6.23. The van der Waals surface area contributed by atoms with E-state index in [-0.39, 0.29) is 5.91 Å². The average Bonchev–Trinajstić information content (AvgIpc) is 3.45. The van der Waals surface area contributed by atoms with Crippen LogP contribution in [0, 0.1) is 11.8 Å². The maximum Gasteiger partial charge on any atom is 0.255 e. The Hall–Kier alpha value is -2.41. The van der Waals surface area contributed by atoms with Crippen LogP contribution >= 0.6 is 0 Å². The van der Waals surface area contributed by atoms with Gasteiger partial charge >= 0.3 is 0 Å². The first-order valence-corrected chi connectivity index (χ1v) is 10.7. The number of pyridine rings is 1. The van der Waals surface area contributed by atoms with Gasteiger partial charge in [0, 0.05) is 64.3 Å². The van der Waals surface area contributed by atoms with Crippen molar-refractivity contribution >= 4 is 11.7 Å². The first kappa shape index (κ1) is 19.9. The summed E-state index contributed by atoms with van der Waals surface area (Å²) in [5.41, 5.74) is 0.691. The van der Waals surface area contributed by atoms with Gasteiger partial charge in [0.2, 0.25) is 0 Å². The molecule has 2 aromatic heterocycles. The van der Waals surface area contributed by atoms with Gasteiger partial charge in [-0.15, -0.1) is 0 Å². The predicted octanol–water partition coefficient (Wildman–Crippen LogP) is 2.69. The van der Waals surface area contributed by atoms with Crippen molar-refractivity contribution in [1.29, 1.82) is 0 Å². The van der Waals surface area contributed by atoms with Crippen molar-refractivity contribution in [3.8, 4) is 0 Å². The minimum atomic E-state index is 0.105. The van der Waals surface area contributed by atoms with Gasteiger partial charge in [-0.3, -0.25) is 9.48 Å². The normalized spacial score (nSPS) is 20.4. The van der Waals surface area contributed by atoms with Crippen LogP contribution in [0.15, 0.2) is 36.8 Å². The maximum atomic E-state index is 12.9. The molecule has 2 aromatic rings. The first-order chi connectivity index (χ1) is 14.2. The largest absolute Gasteiger partial charge is 0.384 e. The van der Waals surface area contributed by atoms with Crippen molar-refractivity contribution in [2.45, 2.75) is 32.2 Å². The monoisotopic (exact) mass is 397 g/mol. The number of likely N-dealkylation sites (tertiary alicyclic amines) is 1. The van der Waals surface area contributed by atoms with Crippen molar-refractivity contribution in [3.05, 3.63) is 42.4 Å². The molecule has 0 N–H and O–H groups in total. The van der Waals surface area contributed by atoms with Gasteiger partial charge < -0.3 is 14.5 Å². The van der Waals surface area contributed by atoms with Gasteiger partial charge in [0.1, 0.15) is 5.82 Å². The average molecular weight is 398 g/mol. The number of carbonyl (C=O) groups is 1. The Bertz CT molecular complexity index is 769. The van der Waals surface area contributed by atoms with Crippen LogP contribution in [-0.4, -0.2) is 65.5 Å². The molecule has 2 fully saturated rings. The fourth-order valence-corrected chi connectivity index (χ4v) is 4.47. The molecule has 2 aliphatic rings. The quantitative estimate of drug-likeness (QED) is 0.719. The molecule has 2 aliphatic heterocycles. The van der Waals surface area contributed by atoms with Crippen molar-refractivity contribution in [2.75, 3.05) is 44.8 Å². The third kappa shape index (κ3) is 4.96. The van der Waals surface area contributed by atoms with E-state index in [9.17, 15) is 4.79 Å². The highest BCUT2D eigenvalue weighted by molar-refractivity contribution is 5.94. The molecule has 7 nitrogen and oxygen atoms in total. The van der Waals surface area contributed by atoms with Crippen molar-refractivity contribution in [2.24, 2.45) is 11.8 Å². The fraction of sp³-hybridized carbons (Fsp3) is 0.591. The van der Waals surface area contributed by atoms with Crippen molar-refractivity contribution < 1.29 is 9.53 Å². The summed E-state index contributed by atoms with van der Waals surface area (Å²) in [7, 11) is 1.75. The number of piperidine rings is 1. The number of aromatic nitrogens is 3. The van der Waals surface area contributed by atoms with Gasteiger partial charge in [-0.1, -0.05) is 0 Å². The summed E-state index contributed by atoms with van der Waals surface area (Å²) in [6.07, 6.45) is 9.95. The minimum absolute atomic E-state index is 0.105. The van der Waals surface area contributed by atoms with E-state index in [0.717, 1.165) is 70.8 Å². The summed E-state index contributed by atoms with van der Waals surface area (Å²) in [6.45, 7) is 5.38. The maximum absolute atomic E-state index is 12.9. The van der Waals surface area contributed by atoms with E-state index < -0.39 is 0 Å². The van der Waals surface area contributed by atoms with Gasteiger partial charge in [-0.25, -0.2) is 4.98 Å². The molecule has 29 heavy (non-hydrogen) atoms. The highest BCUT2D eigenvalue weighted by atomic mass is 16.5. The summed E-state index contributed by atoms with van der Waals surface area (Å²) < 4.78 is 7.26. The van der Waals surface area contributed by atoms with E-state index in [1.165, 1.54) is 0 Å². The molecule has 0 saturated carbocycles. The Morgan fingerprint density at radius 2 is 2.00 bits per heavy atom. The molecular formula is C22H31N5O2. The zero-order valence-electron chi connectivity index (χ0n) is 17.2. The van der Waals surface area contributed by atoms with E-state index >= 15 is 0 Å². The molecule has 0 bridgehead atoms. The van der Waals surface area contributed by atoms with Crippen LogP contribution in [0.2, 0.25) is 0 Å². The molecule has 156 valence electrons. The summed E-state index contributed by atoms with van der Waals surface area (Å²) >= 11 is 0. The molecule has 0 radical (unpaired) electrons. The second-order valence-corrected chi connectivity index (χ2v) is 8.25. The predicted molar refractivity (Wildman–Crippen MR) is 112 cm³/mol. The molecule has 2 saturated heterocycles. The molecule has 1 atom stereocenters. The summed E-state index contributed by atoms with van der Waals surface area (Å²) in [5, 5.41) is 4.27. The number of rotatable bonds is 7. The topological polar surface area (TPSA) is 63.5 Å². The number of methoxy groups -OCH3 is 1. The summed E-state index contributed by atoms with van der Waals surface area (Å²) in [6, 6.07) is 5.87. The Balaban J connectivity index is 1.25. The molecule has 4 rings (SSSR count). The number of aryl methyl sites for hydroxylation is 1. The van der Waals surface area contributed by atoms with E-state index in [2.05, 4.69) is 15.0 Å². The lowest BCUT2D eigenvalue weighted by atomic mass is 9.93. The van der Waals surface area contributed by atoms with Crippen molar-refractivity contribution in [1.82, 2.24) is 19.7 Å². The van der Waals surface area contributed by atoms with Crippen LogP contribution in [0.5, 0.6) is 0 Å². The van der Waals surface area contributed by atoms with Gasteiger partial charge in [0.25, 0.3) is 5.91 Å². The van der Waals surface area contributed by atoms with Gasteiger partial charge in [-0.2, -0.15) is 5.10 Å². The lowest BCUT2D eigenvalue weighted by molar-refractivity contribution is 0.0684.